The molecule has 0 bridgehead atoms. The molecule has 23 heavy (non-hydrogen) atoms. The summed E-state index contributed by atoms with van der Waals surface area (Å²) in [5, 5.41) is 12.7. The summed E-state index contributed by atoms with van der Waals surface area (Å²) in [6.45, 7) is 3.27. The Kier molecular flexibility index (Phi) is 3.93. The van der Waals surface area contributed by atoms with Gasteiger partial charge in [0, 0.05) is 24.9 Å². The van der Waals surface area contributed by atoms with Gasteiger partial charge in [0.2, 0.25) is 0 Å². The predicted octanol–water partition coefficient (Wildman–Crippen LogP) is 2.33. The maximum absolute atomic E-state index is 9.34. The van der Waals surface area contributed by atoms with Crippen LogP contribution in [0.15, 0.2) is 6.07 Å². The number of rotatable bonds is 3. The highest BCUT2D eigenvalue weighted by Gasteiger charge is 2.41. The fourth-order valence-electron chi connectivity index (χ4n) is 3.80. The molecule has 2 aliphatic heterocycles. The lowest BCUT2D eigenvalue weighted by atomic mass is 9.84. The second-order valence-corrected chi connectivity index (χ2v) is 6.55. The molecule has 3 heterocycles. The molecule has 0 amide bonds. The van der Waals surface area contributed by atoms with E-state index in [0.717, 1.165) is 43.5 Å². The molecule has 1 N–H and O–H groups in total. The van der Waals surface area contributed by atoms with Crippen molar-refractivity contribution in [3.05, 3.63) is 22.9 Å². The standard InChI is InChI=1S/C17H21N3O3/c18-8-13-6-14-10-21-11-15(14)20-16(13)19-9-12-2-1-3-17(7-12)22-4-5-23-17/h6,12H,1-5,7,9-11H2,(H,19,20). The van der Waals surface area contributed by atoms with Crippen LogP contribution in [0.1, 0.15) is 42.5 Å². The third-order valence-corrected chi connectivity index (χ3v) is 4.95. The molecule has 6 nitrogen and oxygen atoms in total. The Labute approximate surface area is 135 Å². The topological polar surface area (TPSA) is 76.4 Å². The Morgan fingerprint density at radius 2 is 2.22 bits per heavy atom. The summed E-state index contributed by atoms with van der Waals surface area (Å²) in [6.07, 6.45) is 4.16. The number of hydrogen-bond acceptors (Lipinski definition) is 6. The third-order valence-electron chi connectivity index (χ3n) is 4.95. The minimum atomic E-state index is -0.359. The van der Waals surface area contributed by atoms with Gasteiger partial charge < -0.3 is 19.5 Å². The number of aromatic nitrogens is 1. The van der Waals surface area contributed by atoms with E-state index < -0.39 is 0 Å². The van der Waals surface area contributed by atoms with E-state index in [4.69, 9.17) is 14.2 Å². The van der Waals surface area contributed by atoms with E-state index in [2.05, 4.69) is 16.4 Å². The first-order valence-corrected chi connectivity index (χ1v) is 8.30. The molecular formula is C17H21N3O3. The van der Waals surface area contributed by atoms with Crippen LogP contribution in [0.2, 0.25) is 0 Å². The number of anilines is 1. The van der Waals surface area contributed by atoms with Gasteiger partial charge in [-0.3, -0.25) is 0 Å². The zero-order valence-corrected chi connectivity index (χ0v) is 13.1. The Balaban J connectivity index is 1.44. The van der Waals surface area contributed by atoms with Gasteiger partial charge in [-0.15, -0.1) is 0 Å². The van der Waals surface area contributed by atoms with Gasteiger partial charge in [0.25, 0.3) is 0 Å². The largest absolute Gasteiger partial charge is 0.370 e. The highest BCUT2D eigenvalue weighted by molar-refractivity contribution is 5.54. The summed E-state index contributed by atoms with van der Waals surface area (Å²) >= 11 is 0. The van der Waals surface area contributed by atoms with Crippen molar-refractivity contribution in [2.24, 2.45) is 5.92 Å². The summed E-state index contributed by atoms with van der Waals surface area (Å²) in [7, 11) is 0. The number of nitriles is 1. The first-order valence-electron chi connectivity index (χ1n) is 8.30. The van der Waals surface area contributed by atoms with Crippen LogP contribution in [0.5, 0.6) is 0 Å². The number of fused-ring (bicyclic) bond motifs is 1. The van der Waals surface area contributed by atoms with Crippen LogP contribution in [0, 0.1) is 17.2 Å². The lowest BCUT2D eigenvalue weighted by Gasteiger charge is -2.36. The highest BCUT2D eigenvalue weighted by atomic mass is 16.7. The molecule has 2 fully saturated rings. The Bertz CT molecular complexity index is 635. The van der Waals surface area contributed by atoms with Gasteiger partial charge in [-0.1, -0.05) is 0 Å². The molecule has 0 radical (unpaired) electrons. The molecule has 1 aromatic rings. The lowest BCUT2D eigenvalue weighted by Crippen LogP contribution is -2.38. The van der Waals surface area contributed by atoms with Crippen molar-refractivity contribution in [1.82, 2.24) is 4.98 Å². The average Bonchev–Trinajstić information content (AvgIpc) is 3.21. The van der Waals surface area contributed by atoms with Crippen LogP contribution in [0.25, 0.3) is 0 Å². The number of hydrogen-bond donors (Lipinski definition) is 1. The van der Waals surface area contributed by atoms with Crippen molar-refractivity contribution in [1.29, 1.82) is 5.26 Å². The molecule has 1 saturated carbocycles. The van der Waals surface area contributed by atoms with Crippen LogP contribution in [-0.2, 0) is 27.4 Å². The SMILES string of the molecule is N#Cc1cc2c(nc1NCC1CCCC3(C1)OCCO3)COC2. The quantitative estimate of drug-likeness (QED) is 0.922. The van der Waals surface area contributed by atoms with E-state index in [9.17, 15) is 5.26 Å². The Morgan fingerprint density at radius 3 is 3.04 bits per heavy atom. The maximum Gasteiger partial charge on any atom is 0.168 e. The minimum Gasteiger partial charge on any atom is -0.370 e. The molecule has 4 rings (SSSR count). The van der Waals surface area contributed by atoms with Crippen molar-refractivity contribution < 1.29 is 14.2 Å². The van der Waals surface area contributed by atoms with Gasteiger partial charge >= 0.3 is 0 Å². The van der Waals surface area contributed by atoms with E-state index >= 15 is 0 Å². The fourth-order valence-corrected chi connectivity index (χ4v) is 3.80. The molecular weight excluding hydrogens is 294 g/mol. The molecule has 1 atom stereocenters. The van der Waals surface area contributed by atoms with Crippen LogP contribution < -0.4 is 5.32 Å². The zero-order valence-electron chi connectivity index (χ0n) is 13.1. The number of ether oxygens (including phenoxy) is 3. The van der Waals surface area contributed by atoms with Crippen molar-refractivity contribution in [3.63, 3.8) is 0 Å². The van der Waals surface area contributed by atoms with Crippen molar-refractivity contribution in [2.45, 2.75) is 44.7 Å². The van der Waals surface area contributed by atoms with Gasteiger partial charge in [0.15, 0.2) is 5.79 Å². The summed E-state index contributed by atoms with van der Waals surface area (Å²) < 4.78 is 17.1. The number of nitrogens with one attached hydrogen (secondary N) is 1. The van der Waals surface area contributed by atoms with E-state index in [1.165, 1.54) is 0 Å². The maximum atomic E-state index is 9.34. The normalized spacial score (nSPS) is 25.3. The fraction of sp³-hybridized carbons (Fsp3) is 0.647. The van der Waals surface area contributed by atoms with E-state index in [0.29, 0.717) is 43.7 Å². The van der Waals surface area contributed by atoms with Gasteiger partial charge in [-0.05, 0) is 24.8 Å². The molecule has 6 heteroatoms. The molecule has 1 spiro atoms. The van der Waals surface area contributed by atoms with Gasteiger partial charge in [0.1, 0.15) is 11.9 Å². The summed E-state index contributed by atoms with van der Waals surface area (Å²) in [4.78, 5) is 4.58. The average molecular weight is 315 g/mol. The van der Waals surface area contributed by atoms with Crippen molar-refractivity contribution >= 4 is 5.82 Å². The molecule has 1 aliphatic carbocycles. The first-order chi connectivity index (χ1) is 11.3. The monoisotopic (exact) mass is 315 g/mol. The van der Waals surface area contributed by atoms with E-state index in [1.54, 1.807) is 0 Å². The lowest BCUT2D eigenvalue weighted by molar-refractivity contribution is -0.185. The van der Waals surface area contributed by atoms with E-state index in [-0.39, 0.29) is 5.79 Å². The summed E-state index contributed by atoms with van der Waals surface area (Å²) in [6, 6.07) is 4.12. The van der Waals surface area contributed by atoms with Crippen LogP contribution in [0.4, 0.5) is 5.82 Å². The molecule has 122 valence electrons. The van der Waals surface area contributed by atoms with Crippen LogP contribution in [-0.4, -0.2) is 30.5 Å². The third kappa shape index (κ3) is 2.92. The van der Waals surface area contributed by atoms with Crippen molar-refractivity contribution in [2.75, 3.05) is 25.1 Å². The first kappa shape index (κ1) is 14.9. The van der Waals surface area contributed by atoms with Gasteiger partial charge in [0.05, 0.1) is 37.7 Å². The number of pyridine rings is 1. The van der Waals surface area contributed by atoms with Gasteiger partial charge in [-0.2, -0.15) is 5.26 Å². The van der Waals surface area contributed by atoms with Crippen LogP contribution in [0.3, 0.4) is 0 Å². The van der Waals surface area contributed by atoms with Crippen molar-refractivity contribution in [3.8, 4) is 6.07 Å². The predicted molar refractivity (Wildman–Crippen MR) is 82.5 cm³/mol. The molecule has 1 aromatic heterocycles. The molecule has 1 unspecified atom stereocenters. The smallest absolute Gasteiger partial charge is 0.168 e. The zero-order chi connectivity index (χ0) is 15.7. The van der Waals surface area contributed by atoms with Gasteiger partial charge in [-0.25, -0.2) is 4.98 Å². The molecule has 3 aliphatic rings. The number of nitrogens with zero attached hydrogens (tertiary/aromatic N) is 2. The Morgan fingerprint density at radius 1 is 1.35 bits per heavy atom. The summed E-state index contributed by atoms with van der Waals surface area (Å²) in [5.74, 6) is 0.784. The Hall–Kier alpha value is -1.68. The minimum absolute atomic E-state index is 0.359. The summed E-state index contributed by atoms with van der Waals surface area (Å²) in [5.41, 5.74) is 2.55. The van der Waals surface area contributed by atoms with E-state index in [1.807, 2.05) is 6.07 Å². The highest BCUT2D eigenvalue weighted by Crippen LogP contribution is 2.38. The second kappa shape index (κ2) is 6.08. The molecule has 1 saturated heterocycles. The molecule has 0 aromatic carbocycles. The second-order valence-electron chi connectivity index (χ2n) is 6.55. The van der Waals surface area contributed by atoms with Crippen LogP contribution >= 0.6 is 0 Å².